The Morgan fingerprint density at radius 3 is 2.38 bits per heavy atom. The predicted octanol–water partition coefficient (Wildman–Crippen LogP) is 3.98. The van der Waals surface area contributed by atoms with Gasteiger partial charge in [0.25, 0.3) is 5.91 Å². The van der Waals surface area contributed by atoms with Crippen molar-refractivity contribution < 1.29 is 22.2 Å². The maximum Gasteiger partial charge on any atom is 0.339 e. The summed E-state index contributed by atoms with van der Waals surface area (Å²) in [6.45, 7) is 4.89. The van der Waals surface area contributed by atoms with E-state index in [9.17, 15) is 18.0 Å². The Morgan fingerprint density at radius 2 is 1.76 bits per heavy atom. The number of Topliss-reactive ketones (excluding diaryl/α,β-unsaturated/α-hetero) is 1. The average Bonchev–Trinajstić information content (AvgIpc) is 3.12. The topological polar surface area (TPSA) is 102 Å². The van der Waals surface area contributed by atoms with E-state index in [1.165, 1.54) is 31.2 Å². The number of aromatic nitrogens is 1. The van der Waals surface area contributed by atoms with Gasteiger partial charge in [-0.05, 0) is 55.3 Å². The number of benzene rings is 2. The van der Waals surface area contributed by atoms with E-state index >= 15 is 0 Å². The van der Waals surface area contributed by atoms with Crippen LogP contribution in [0.4, 0.5) is 5.13 Å². The minimum absolute atomic E-state index is 0.0931. The molecule has 0 spiro atoms. The highest BCUT2D eigenvalue weighted by Gasteiger charge is 2.20. The molecule has 0 radical (unpaired) electrons. The lowest BCUT2D eigenvalue weighted by atomic mass is 10.2. The number of hydrogen-bond donors (Lipinski definition) is 1. The van der Waals surface area contributed by atoms with Gasteiger partial charge in [-0.25, -0.2) is 4.98 Å². The minimum atomic E-state index is -3.99. The molecule has 2 aromatic carbocycles. The third kappa shape index (κ3) is 4.87. The third-order valence-corrected chi connectivity index (χ3v) is 6.17. The first-order valence-electron chi connectivity index (χ1n) is 8.55. The Kier molecular flexibility index (Phi) is 5.81. The zero-order valence-electron chi connectivity index (χ0n) is 15.9. The van der Waals surface area contributed by atoms with Crippen LogP contribution in [-0.4, -0.2) is 25.1 Å². The number of hydrogen-bond acceptors (Lipinski definition) is 7. The van der Waals surface area contributed by atoms with Crippen LogP contribution in [0.1, 0.15) is 38.9 Å². The Hall–Kier alpha value is -3.04. The van der Waals surface area contributed by atoms with Crippen molar-refractivity contribution in [1.82, 2.24) is 4.98 Å². The molecule has 29 heavy (non-hydrogen) atoms. The highest BCUT2D eigenvalue weighted by molar-refractivity contribution is 7.87. The summed E-state index contributed by atoms with van der Waals surface area (Å²) in [6, 6.07) is 10.8. The fourth-order valence-corrected chi connectivity index (χ4v) is 4.46. The van der Waals surface area contributed by atoms with Crippen molar-refractivity contribution in [2.45, 2.75) is 25.7 Å². The van der Waals surface area contributed by atoms with Crippen LogP contribution in [0, 0.1) is 13.8 Å². The number of carbonyl (C=O) groups is 2. The largest absolute Gasteiger partial charge is 0.379 e. The van der Waals surface area contributed by atoms with E-state index in [0.29, 0.717) is 16.3 Å². The van der Waals surface area contributed by atoms with Gasteiger partial charge in [0.05, 0.1) is 0 Å². The molecular weight excluding hydrogens is 412 g/mol. The van der Waals surface area contributed by atoms with Crippen molar-refractivity contribution in [1.29, 1.82) is 0 Å². The Morgan fingerprint density at radius 1 is 1.07 bits per heavy atom. The van der Waals surface area contributed by atoms with Gasteiger partial charge in [-0.1, -0.05) is 12.1 Å². The van der Waals surface area contributed by atoms with Crippen LogP contribution in [-0.2, 0) is 10.1 Å². The number of thiazole rings is 1. The van der Waals surface area contributed by atoms with E-state index in [0.717, 1.165) is 16.9 Å². The fourth-order valence-electron chi connectivity index (χ4n) is 2.47. The molecule has 3 aromatic rings. The van der Waals surface area contributed by atoms with Gasteiger partial charge in [0, 0.05) is 17.9 Å². The monoisotopic (exact) mass is 430 g/mol. The van der Waals surface area contributed by atoms with Crippen LogP contribution in [0.2, 0.25) is 0 Å². The van der Waals surface area contributed by atoms with Crippen LogP contribution in [0.5, 0.6) is 5.75 Å². The maximum atomic E-state index is 12.6. The normalized spacial score (nSPS) is 11.1. The van der Waals surface area contributed by atoms with Gasteiger partial charge in [0.2, 0.25) is 0 Å². The summed E-state index contributed by atoms with van der Waals surface area (Å²) in [5.41, 5.74) is 1.96. The van der Waals surface area contributed by atoms with Gasteiger partial charge in [0.1, 0.15) is 16.3 Å². The molecule has 0 aliphatic rings. The summed E-state index contributed by atoms with van der Waals surface area (Å²) < 4.78 is 30.3. The highest BCUT2D eigenvalue weighted by atomic mass is 32.2. The van der Waals surface area contributed by atoms with Gasteiger partial charge in [-0.15, -0.1) is 11.3 Å². The average molecular weight is 431 g/mol. The number of anilines is 1. The molecule has 1 amide bonds. The van der Waals surface area contributed by atoms with Crippen LogP contribution in [0.15, 0.2) is 52.7 Å². The molecule has 1 N–H and O–H groups in total. The molecule has 0 atom stereocenters. The lowest BCUT2D eigenvalue weighted by molar-refractivity contribution is 0.100. The number of nitrogens with zero attached hydrogens (tertiary/aromatic N) is 1. The number of amides is 1. The lowest BCUT2D eigenvalue weighted by Crippen LogP contribution is -2.13. The number of ketones is 1. The van der Waals surface area contributed by atoms with Gasteiger partial charge in [-0.3, -0.25) is 14.9 Å². The number of aryl methyl sites for hydroxylation is 2. The summed E-state index contributed by atoms with van der Waals surface area (Å²) in [7, 11) is -3.99. The summed E-state index contributed by atoms with van der Waals surface area (Å²) in [4.78, 5) is 27.7. The van der Waals surface area contributed by atoms with Crippen molar-refractivity contribution in [3.63, 3.8) is 0 Å². The van der Waals surface area contributed by atoms with Gasteiger partial charge in [0.15, 0.2) is 10.9 Å². The second kappa shape index (κ2) is 8.14. The molecular formula is C20H18N2O5S2. The predicted molar refractivity (Wildman–Crippen MR) is 110 cm³/mol. The van der Waals surface area contributed by atoms with E-state index in [1.54, 1.807) is 31.4 Å². The van der Waals surface area contributed by atoms with Crippen LogP contribution < -0.4 is 9.50 Å². The van der Waals surface area contributed by atoms with Gasteiger partial charge >= 0.3 is 10.1 Å². The molecule has 1 heterocycles. The van der Waals surface area contributed by atoms with E-state index in [-0.39, 0.29) is 22.1 Å². The maximum absolute atomic E-state index is 12.6. The third-order valence-electron chi connectivity index (χ3n) is 4.02. The Labute approximate surface area is 172 Å². The molecule has 0 aliphatic heterocycles. The van der Waals surface area contributed by atoms with Crippen molar-refractivity contribution in [2.75, 3.05) is 5.32 Å². The first-order valence-corrected chi connectivity index (χ1v) is 10.8. The fraction of sp³-hybridized carbons (Fsp3) is 0.150. The van der Waals surface area contributed by atoms with E-state index in [2.05, 4.69) is 10.3 Å². The highest BCUT2D eigenvalue weighted by Crippen LogP contribution is 2.23. The molecule has 0 bridgehead atoms. The van der Waals surface area contributed by atoms with Gasteiger partial charge < -0.3 is 4.18 Å². The smallest absolute Gasteiger partial charge is 0.339 e. The molecule has 0 fully saturated rings. The molecule has 3 rings (SSSR count). The summed E-state index contributed by atoms with van der Waals surface area (Å²) >= 11 is 1.14. The van der Waals surface area contributed by atoms with Crippen molar-refractivity contribution >= 4 is 38.3 Å². The molecule has 0 saturated carbocycles. The second-order valence-electron chi connectivity index (χ2n) is 6.38. The molecule has 150 valence electrons. The second-order valence-corrected chi connectivity index (χ2v) is 8.75. The molecule has 0 unspecified atom stereocenters. The van der Waals surface area contributed by atoms with Crippen molar-refractivity contribution in [3.8, 4) is 5.75 Å². The summed E-state index contributed by atoms with van der Waals surface area (Å²) in [5.74, 6) is -0.526. The van der Waals surface area contributed by atoms with E-state index in [1.807, 2.05) is 6.07 Å². The van der Waals surface area contributed by atoms with Crippen LogP contribution >= 0.6 is 11.3 Å². The minimum Gasteiger partial charge on any atom is -0.379 e. The molecule has 7 nitrogen and oxygen atoms in total. The van der Waals surface area contributed by atoms with Gasteiger partial charge in [-0.2, -0.15) is 8.42 Å². The van der Waals surface area contributed by atoms with Crippen molar-refractivity contribution in [2.24, 2.45) is 0 Å². The molecule has 9 heteroatoms. The van der Waals surface area contributed by atoms with Crippen molar-refractivity contribution in [3.05, 3.63) is 70.2 Å². The molecule has 0 saturated heterocycles. The first kappa shape index (κ1) is 20.7. The zero-order chi connectivity index (χ0) is 21.2. The van der Waals surface area contributed by atoms with Crippen LogP contribution in [0.3, 0.4) is 0 Å². The lowest BCUT2D eigenvalue weighted by Gasteiger charge is -2.10. The summed E-state index contributed by atoms with van der Waals surface area (Å²) in [6.07, 6.45) is 0. The van der Waals surface area contributed by atoms with Crippen LogP contribution in [0.25, 0.3) is 0 Å². The quantitative estimate of drug-likeness (QED) is 0.469. The molecule has 0 aliphatic carbocycles. The van der Waals surface area contributed by atoms with E-state index < -0.39 is 16.0 Å². The molecule has 1 aromatic heterocycles. The Balaban J connectivity index is 1.73. The summed E-state index contributed by atoms with van der Waals surface area (Å²) in [5, 5.41) is 4.46. The number of carbonyl (C=O) groups excluding carboxylic acids is 2. The SMILES string of the molecule is CC(=O)c1csc(NC(=O)c2ccc(OS(=O)(=O)c3cc(C)ccc3C)cc2)n1. The number of nitrogens with one attached hydrogen (secondary N) is 1. The first-order chi connectivity index (χ1) is 13.7. The zero-order valence-corrected chi connectivity index (χ0v) is 17.6. The van der Waals surface area contributed by atoms with E-state index in [4.69, 9.17) is 4.18 Å². The number of rotatable bonds is 6. The Bertz CT molecular complexity index is 1180. The standard InChI is InChI=1S/C20H18N2O5S2/c1-12-4-5-13(2)18(10-12)29(25,26)27-16-8-6-15(7-9-16)19(24)22-20-21-17(11-28-20)14(3)23/h4-11H,1-3H3,(H,21,22,24).